The first-order valence-corrected chi connectivity index (χ1v) is 8.99. The number of para-hydroxylation sites is 1. The van der Waals surface area contributed by atoms with E-state index in [2.05, 4.69) is 26.1 Å². The zero-order valence-electron chi connectivity index (χ0n) is 17.0. The molecule has 0 saturated heterocycles. The van der Waals surface area contributed by atoms with Crippen molar-refractivity contribution in [2.45, 2.75) is 39.0 Å². The van der Waals surface area contributed by atoms with Gasteiger partial charge in [0.15, 0.2) is 11.5 Å². The van der Waals surface area contributed by atoms with E-state index in [0.717, 1.165) is 16.8 Å². The first-order valence-electron chi connectivity index (χ1n) is 8.99. The molecule has 1 N–H and O–H groups in total. The lowest BCUT2D eigenvalue weighted by Crippen LogP contribution is -2.19. The van der Waals surface area contributed by atoms with Crippen LogP contribution in [0.25, 0.3) is 0 Å². The number of aryl methyl sites for hydroxylation is 1. The number of benzene rings is 2. The zero-order valence-corrected chi connectivity index (χ0v) is 17.0. The van der Waals surface area contributed by atoms with Crippen LogP contribution < -0.4 is 19.5 Å². The van der Waals surface area contributed by atoms with Gasteiger partial charge in [-0.15, -0.1) is 0 Å². The largest absolute Gasteiger partial charge is 0.493 e. The average Bonchev–Trinajstić information content (AvgIpc) is 2.64. The highest BCUT2D eigenvalue weighted by Gasteiger charge is 2.19. The van der Waals surface area contributed by atoms with Crippen LogP contribution in [-0.2, 0) is 16.6 Å². The molecule has 0 unspecified atom stereocenters. The molecule has 2 aromatic rings. The number of ether oxygens (including phenoxy) is 3. The Bertz CT molecular complexity index is 793. The molecule has 2 rings (SSSR count). The van der Waals surface area contributed by atoms with Gasteiger partial charge in [0.25, 0.3) is 0 Å². The van der Waals surface area contributed by atoms with Gasteiger partial charge in [0.2, 0.25) is 11.7 Å². The summed E-state index contributed by atoms with van der Waals surface area (Å²) < 4.78 is 16.2. The van der Waals surface area contributed by atoms with E-state index in [1.54, 1.807) is 21.3 Å². The average molecular weight is 371 g/mol. The molecule has 0 aliphatic carbocycles. The highest BCUT2D eigenvalue weighted by atomic mass is 16.5. The first kappa shape index (κ1) is 20.6. The third kappa shape index (κ3) is 4.94. The van der Waals surface area contributed by atoms with E-state index in [0.29, 0.717) is 30.1 Å². The molecule has 1 amide bonds. The number of amides is 1. The molecule has 27 heavy (non-hydrogen) atoms. The lowest BCUT2D eigenvalue weighted by Gasteiger charge is -2.23. The van der Waals surface area contributed by atoms with Crippen LogP contribution in [0.5, 0.6) is 17.2 Å². The van der Waals surface area contributed by atoms with Crippen molar-refractivity contribution in [2.75, 3.05) is 26.6 Å². The topological polar surface area (TPSA) is 56.8 Å². The Morgan fingerprint density at radius 2 is 1.59 bits per heavy atom. The number of carbonyl (C=O) groups excluding carboxylic acids is 1. The lowest BCUT2D eigenvalue weighted by molar-refractivity contribution is -0.116. The molecule has 0 atom stereocenters. The quantitative estimate of drug-likeness (QED) is 0.774. The van der Waals surface area contributed by atoms with Gasteiger partial charge in [0, 0.05) is 12.1 Å². The van der Waals surface area contributed by atoms with E-state index < -0.39 is 0 Å². The van der Waals surface area contributed by atoms with Crippen molar-refractivity contribution < 1.29 is 19.0 Å². The van der Waals surface area contributed by atoms with Gasteiger partial charge < -0.3 is 19.5 Å². The molecule has 0 fully saturated rings. The molecule has 0 aromatic heterocycles. The van der Waals surface area contributed by atoms with Crippen LogP contribution >= 0.6 is 0 Å². The second-order valence-corrected chi connectivity index (χ2v) is 7.34. The van der Waals surface area contributed by atoms with E-state index in [1.807, 2.05) is 36.4 Å². The maximum atomic E-state index is 12.5. The first-order chi connectivity index (χ1) is 12.8. The number of methoxy groups -OCH3 is 3. The second-order valence-electron chi connectivity index (χ2n) is 7.34. The Hall–Kier alpha value is -2.69. The molecule has 5 heteroatoms. The molecular formula is C22H29NO4. The van der Waals surface area contributed by atoms with Crippen LogP contribution in [0.4, 0.5) is 5.69 Å². The molecule has 0 bridgehead atoms. The van der Waals surface area contributed by atoms with Crippen molar-refractivity contribution >= 4 is 11.6 Å². The van der Waals surface area contributed by atoms with E-state index in [4.69, 9.17) is 14.2 Å². The predicted molar refractivity (Wildman–Crippen MR) is 108 cm³/mol. The van der Waals surface area contributed by atoms with Crippen LogP contribution in [-0.4, -0.2) is 27.2 Å². The Labute approximate surface area is 161 Å². The fraction of sp³-hybridized carbons (Fsp3) is 0.409. The molecule has 0 saturated carbocycles. The number of anilines is 1. The van der Waals surface area contributed by atoms with Crippen LogP contribution in [0.2, 0.25) is 0 Å². The smallest absolute Gasteiger partial charge is 0.224 e. The van der Waals surface area contributed by atoms with Gasteiger partial charge in [-0.1, -0.05) is 45.0 Å². The van der Waals surface area contributed by atoms with Crippen LogP contribution in [0, 0.1) is 0 Å². The molecule has 146 valence electrons. The summed E-state index contributed by atoms with van der Waals surface area (Å²) >= 11 is 0. The highest BCUT2D eigenvalue weighted by molar-refractivity contribution is 5.92. The summed E-state index contributed by atoms with van der Waals surface area (Å²) in [6.07, 6.45) is 0.872. The highest BCUT2D eigenvalue weighted by Crippen LogP contribution is 2.40. The molecule has 5 nitrogen and oxygen atoms in total. The SMILES string of the molecule is COc1ccc(CCC(=O)Nc2ccccc2C(C)(C)C)c(OC)c1OC. The monoisotopic (exact) mass is 371 g/mol. The van der Waals surface area contributed by atoms with Crippen molar-refractivity contribution in [2.24, 2.45) is 0 Å². The fourth-order valence-corrected chi connectivity index (χ4v) is 3.07. The third-order valence-corrected chi connectivity index (χ3v) is 4.42. The van der Waals surface area contributed by atoms with Crippen LogP contribution in [0.3, 0.4) is 0 Å². The summed E-state index contributed by atoms with van der Waals surface area (Å²) in [5.41, 5.74) is 2.82. The number of hydrogen-bond donors (Lipinski definition) is 1. The third-order valence-electron chi connectivity index (χ3n) is 4.42. The number of carbonyl (C=O) groups is 1. The Balaban J connectivity index is 2.13. The predicted octanol–water partition coefficient (Wildman–Crippen LogP) is 4.58. The fourth-order valence-electron chi connectivity index (χ4n) is 3.07. The van der Waals surface area contributed by atoms with E-state index in [9.17, 15) is 4.79 Å². The van der Waals surface area contributed by atoms with Crippen LogP contribution in [0.1, 0.15) is 38.3 Å². The number of rotatable bonds is 7. The molecular weight excluding hydrogens is 342 g/mol. The summed E-state index contributed by atoms with van der Waals surface area (Å²) in [5.74, 6) is 1.70. The summed E-state index contributed by atoms with van der Waals surface area (Å²) in [6.45, 7) is 6.39. The normalized spacial score (nSPS) is 11.0. The van der Waals surface area contributed by atoms with Gasteiger partial charge in [0.05, 0.1) is 21.3 Å². The lowest BCUT2D eigenvalue weighted by atomic mass is 9.86. The zero-order chi connectivity index (χ0) is 20.0. The Morgan fingerprint density at radius 3 is 2.19 bits per heavy atom. The molecule has 0 radical (unpaired) electrons. The van der Waals surface area contributed by atoms with E-state index in [1.165, 1.54) is 0 Å². The minimum atomic E-state index is -0.0452. The summed E-state index contributed by atoms with van der Waals surface area (Å²) in [5, 5.41) is 3.04. The summed E-state index contributed by atoms with van der Waals surface area (Å²) in [7, 11) is 4.73. The maximum absolute atomic E-state index is 12.5. The van der Waals surface area contributed by atoms with Gasteiger partial charge >= 0.3 is 0 Å². The standard InChI is InChI=1S/C22H29NO4/c1-22(2,3)16-9-7-8-10-17(16)23-19(24)14-12-15-11-13-18(25-4)21(27-6)20(15)26-5/h7-11,13H,12,14H2,1-6H3,(H,23,24). The van der Waals surface area contributed by atoms with Crippen molar-refractivity contribution in [1.29, 1.82) is 0 Å². The van der Waals surface area contributed by atoms with Crippen molar-refractivity contribution in [1.82, 2.24) is 0 Å². The Kier molecular flexibility index (Phi) is 6.72. The number of hydrogen-bond acceptors (Lipinski definition) is 4. The van der Waals surface area contributed by atoms with Crippen LogP contribution in [0.15, 0.2) is 36.4 Å². The minimum Gasteiger partial charge on any atom is -0.493 e. The summed E-state index contributed by atoms with van der Waals surface area (Å²) in [6, 6.07) is 11.6. The van der Waals surface area contributed by atoms with Gasteiger partial charge in [-0.25, -0.2) is 0 Å². The minimum absolute atomic E-state index is 0.0384. The van der Waals surface area contributed by atoms with Gasteiger partial charge in [-0.05, 0) is 35.1 Å². The van der Waals surface area contributed by atoms with Gasteiger partial charge in [0.1, 0.15) is 0 Å². The number of nitrogens with one attached hydrogen (secondary N) is 1. The summed E-state index contributed by atoms with van der Waals surface area (Å²) in [4.78, 5) is 12.5. The maximum Gasteiger partial charge on any atom is 0.224 e. The molecule has 2 aromatic carbocycles. The van der Waals surface area contributed by atoms with Crippen molar-refractivity contribution in [3.05, 3.63) is 47.5 Å². The second kappa shape index (κ2) is 8.80. The van der Waals surface area contributed by atoms with Crippen molar-refractivity contribution in [3.63, 3.8) is 0 Å². The van der Waals surface area contributed by atoms with E-state index >= 15 is 0 Å². The molecule has 0 spiro atoms. The van der Waals surface area contributed by atoms with E-state index in [-0.39, 0.29) is 11.3 Å². The van der Waals surface area contributed by atoms with Gasteiger partial charge in [-0.3, -0.25) is 4.79 Å². The van der Waals surface area contributed by atoms with Crippen molar-refractivity contribution in [3.8, 4) is 17.2 Å². The van der Waals surface area contributed by atoms with Gasteiger partial charge in [-0.2, -0.15) is 0 Å². The molecule has 0 heterocycles. The Morgan fingerprint density at radius 1 is 0.926 bits per heavy atom. The molecule has 0 aliphatic heterocycles. The molecule has 0 aliphatic rings.